The minimum Gasteiger partial charge on any atom is -0.423 e. The Kier molecular flexibility index (Phi) is 12.3. The molecular formula is C27H36ClN5O10. The van der Waals surface area contributed by atoms with Gasteiger partial charge < -0.3 is 51.0 Å². The predicted molar refractivity (Wildman–Crippen MR) is 150 cm³/mol. The largest absolute Gasteiger partial charge is 0.423 e. The van der Waals surface area contributed by atoms with Crippen molar-refractivity contribution in [2.24, 2.45) is 0 Å². The molecule has 1 aromatic carbocycles. The molecule has 0 radical (unpaired) electrons. The number of unbranched alkanes of at least 4 members (excludes halogenated alkanes) is 1. The maximum atomic E-state index is 12.6. The lowest BCUT2D eigenvalue weighted by molar-refractivity contribution is -0.166. The van der Waals surface area contributed by atoms with Crippen molar-refractivity contribution < 1.29 is 48.8 Å². The molecule has 16 heteroatoms. The van der Waals surface area contributed by atoms with Crippen LogP contribution < -0.4 is 30.7 Å². The Morgan fingerprint density at radius 1 is 1.00 bits per heavy atom. The molecule has 0 saturated carbocycles. The summed E-state index contributed by atoms with van der Waals surface area (Å²) in [5.41, 5.74) is 0.0581. The summed E-state index contributed by atoms with van der Waals surface area (Å²) in [6, 6.07) is 3.34. The second-order valence-corrected chi connectivity index (χ2v) is 10.4. The minimum absolute atomic E-state index is 0.0251. The van der Waals surface area contributed by atoms with Gasteiger partial charge in [0.25, 0.3) is 5.91 Å². The number of amides is 3. The summed E-state index contributed by atoms with van der Waals surface area (Å²) in [5, 5.41) is 40.5. The summed E-state index contributed by atoms with van der Waals surface area (Å²) in [7, 11) is 0. The SMILES string of the molecule is CC(=O)Oc1cccc(C(=O)NCCCCNCC(=O)NCC(=O)N[C@H]2C3CCC(Cl)=C(C(O)O)N3[C@H]2O)c1OC(C)=O. The van der Waals surface area contributed by atoms with Crippen molar-refractivity contribution in [3.8, 4) is 11.5 Å². The highest BCUT2D eigenvalue weighted by molar-refractivity contribution is 6.30. The number of esters is 2. The number of nitrogens with zero attached hydrogens (tertiary/aromatic N) is 1. The van der Waals surface area contributed by atoms with E-state index in [2.05, 4.69) is 21.3 Å². The van der Waals surface area contributed by atoms with E-state index in [1.807, 2.05) is 0 Å². The van der Waals surface area contributed by atoms with E-state index in [1.165, 1.54) is 30.0 Å². The molecule has 1 fully saturated rings. The summed E-state index contributed by atoms with van der Waals surface area (Å²) < 4.78 is 10.1. The summed E-state index contributed by atoms with van der Waals surface area (Å²) in [6.07, 6.45) is -0.955. The molecule has 1 aromatic rings. The fourth-order valence-electron chi connectivity index (χ4n) is 4.80. The number of para-hydroxylation sites is 1. The molecule has 3 rings (SSSR count). The number of rotatable bonds is 14. The monoisotopic (exact) mass is 625 g/mol. The van der Waals surface area contributed by atoms with Crippen LogP contribution in [0.25, 0.3) is 0 Å². The van der Waals surface area contributed by atoms with Gasteiger partial charge in [0.05, 0.1) is 36.4 Å². The van der Waals surface area contributed by atoms with Gasteiger partial charge in [0.2, 0.25) is 11.8 Å². The predicted octanol–water partition coefficient (Wildman–Crippen LogP) is -1.20. The fourth-order valence-corrected chi connectivity index (χ4v) is 5.10. The van der Waals surface area contributed by atoms with Crippen LogP contribution in [0.5, 0.6) is 11.5 Å². The van der Waals surface area contributed by atoms with Gasteiger partial charge in [0.15, 0.2) is 17.8 Å². The molecule has 1 unspecified atom stereocenters. The summed E-state index contributed by atoms with van der Waals surface area (Å²) in [6.45, 7) is 2.74. The molecule has 0 spiro atoms. The average Bonchev–Trinajstić information content (AvgIpc) is 2.94. The first-order valence-corrected chi connectivity index (χ1v) is 14.0. The summed E-state index contributed by atoms with van der Waals surface area (Å²) in [5.74, 6) is -2.96. The Balaban J connectivity index is 1.31. The normalized spacial score (nSPS) is 19.2. The van der Waals surface area contributed by atoms with Crippen LogP contribution in [0.1, 0.15) is 49.9 Å². The maximum Gasteiger partial charge on any atom is 0.308 e. The number of hydrogen-bond donors (Lipinski definition) is 7. The van der Waals surface area contributed by atoms with Crippen molar-refractivity contribution in [3.63, 3.8) is 0 Å². The van der Waals surface area contributed by atoms with Crippen molar-refractivity contribution in [1.29, 1.82) is 0 Å². The van der Waals surface area contributed by atoms with Gasteiger partial charge in [-0.15, -0.1) is 0 Å². The van der Waals surface area contributed by atoms with Crippen molar-refractivity contribution in [1.82, 2.24) is 26.2 Å². The average molecular weight is 626 g/mol. The molecule has 1 saturated heterocycles. The van der Waals surface area contributed by atoms with Gasteiger partial charge in [-0.3, -0.25) is 24.0 Å². The van der Waals surface area contributed by atoms with Crippen molar-refractivity contribution in [2.75, 3.05) is 26.2 Å². The van der Waals surface area contributed by atoms with Gasteiger partial charge in [-0.25, -0.2) is 0 Å². The number of aliphatic hydroxyl groups is 3. The topological polar surface area (TPSA) is 216 Å². The van der Waals surface area contributed by atoms with E-state index in [-0.39, 0.29) is 53.5 Å². The molecule has 15 nitrogen and oxygen atoms in total. The zero-order valence-electron chi connectivity index (χ0n) is 23.7. The zero-order valence-corrected chi connectivity index (χ0v) is 24.5. The number of halogens is 1. The Morgan fingerprint density at radius 2 is 1.70 bits per heavy atom. The number of fused-ring (bicyclic) bond motifs is 1. The van der Waals surface area contributed by atoms with Crippen molar-refractivity contribution in [3.05, 3.63) is 34.5 Å². The molecule has 0 bridgehead atoms. The van der Waals surface area contributed by atoms with E-state index in [1.54, 1.807) is 0 Å². The third-order valence-electron chi connectivity index (χ3n) is 6.69. The van der Waals surface area contributed by atoms with Gasteiger partial charge in [-0.2, -0.15) is 0 Å². The highest BCUT2D eigenvalue weighted by Gasteiger charge is 2.52. The Morgan fingerprint density at radius 3 is 2.37 bits per heavy atom. The van der Waals surface area contributed by atoms with Gasteiger partial charge in [0.1, 0.15) is 6.23 Å². The number of carbonyl (C=O) groups is 5. The number of aliphatic hydroxyl groups excluding tert-OH is 2. The lowest BCUT2D eigenvalue weighted by atomic mass is 9.85. The van der Waals surface area contributed by atoms with Crippen LogP contribution in [0.4, 0.5) is 0 Å². The number of carbonyl (C=O) groups excluding carboxylic acids is 5. The van der Waals surface area contributed by atoms with E-state index in [4.69, 9.17) is 21.1 Å². The van der Waals surface area contributed by atoms with Crippen molar-refractivity contribution in [2.45, 2.75) is 64.1 Å². The van der Waals surface area contributed by atoms with Crippen LogP contribution in [0.15, 0.2) is 28.9 Å². The van der Waals surface area contributed by atoms with Gasteiger partial charge in [0, 0.05) is 25.4 Å². The minimum atomic E-state index is -1.84. The van der Waals surface area contributed by atoms with Crippen molar-refractivity contribution >= 4 is 41.3 Å². The van der Waals surface area contributed by atoms with Crippen LogP contribution in [-0.2, 0) is 19.2 Å². The molecule has 7 N–H and O–H groups in total. The maximum absolute atomic E-state index is 12.6. The number of ether oxygens (including phenoxy) is 2. The first-order valence-electron chi connectivity index (χ1n) is 13.7. The number of nitrogens with one attached hydrogen (secondary N) is 4. The van der Waals surface area contributed by atoms with Crippen LogP contribution in [0.2, 0.25) is 0 Å². The van der Waals surface area contributed by atoms with E-state index in [0.717, 1.165) is 6.92 Å². The molecule has 0 aromatic heterocycles. The smallest absolute Gasteiger partial charge is 0.308 e. The molecule has 43 heavy (non-hydrogen) atoms. The second-order valence-electron chi connectivity index (χ2n) is 9.92. The number of allylic oxidation sites excluding steroid dienone is 1. The second kappa shape index (κ2) is 15.6. The molecule has 236 valence electrons. The Bertz CT molecular complexity index is 1260. The molecule has 2 heterocycles. The number of benzene rings is 1. The molecule has 3 amide bonds. The highest BCUT2D eigenvalue weighted by Crippen LogP contribution is 2.41. The molecule has 3 atom stereocenters. The Hall–Kier alpha value is -3.76. The van der Waals surface area contributed by atoms with E-state index >= 15 is 0 Å². The van der Waals surface area contributed by atoms with E-state index in [0.29, 0.717) is 32.2 Å². The van der Waals surface area contributed by atoms with Gasteiger partial charge >= 0.3 is 11.9 Å². The van der Waals surface area contributed by atoms with Crippen LogP contribution in [0.3, 0.4) is 0 Å². The summed E-state index contributed by atoms with van der Waals surface area (Å²) >= 11 is 6.05. The molecular weight excluding hydrogens is 590 g/mol. The van der Waals surface area contributed by atoms with Gasteiger partial charge in [-0.05, 0) is 44.4 Å². The molecule has 2 aliphatic heterocycles. The first-order chi connectivity index (χ1) is 20.4. The quantitative estimate of drug-likeness (QED) is 0.0561. The zero-order chi connectivity index (χ0) is 31.7. The summed E-state index contributed by atoms with van der Waals surface area (Å²) in [4.78, 5) is 61.2. The number of hydrogen-bond acceptors (Lipinski definition) is 12. The van der Waals surface area contributed by atoms with E-state index in [9.17, 15) is 39.3 Å². The third-order valence-corrected chi connectivity index (χ3v) is 7.07. The van der Waals surface area contributed by atoms with Crippen LogP contribution in [0, 0.1) is 0 Å². The van der Waals surface area contributed by atoms with E-state index < -0.39 is 48.2 Å². The molecule has 0 aliphatic carbocycles. The highest BCUT2D eigenvalue weighted by atomic mass is 35.5. The lowest BCUT2D eigenvalue weighted by Gasteiger charge is -2.57. The Labute approximate surface area is 252 Å². The van der Waals surface area contributed by atoms with Crippen LogP contribution >= 0.6 is 11.6 Å². The lowest BCUT2D eigenvalue weighted by Crippen LogP contribution is -2.74. The third kappa shape index (κ3) is 9.11. The van der Waals surface area contributed by atoms with Gasteiger partial charge in [-0.1, -0.05) is 17.7 Å². The van der Waals surface area contributed by atoms with Crippen LogP contribution in [-0.4, -0.2) is 101 Å². The molecule has 2 aliphatic rings. The standard InChI is InChI=1S/C27H36ClN5O10/c1-14(34)42-19-7-5-6-16(24(19)43-15(2)35)25(38)30-11-4-3-10-29-12-20(36)31-13-21(37)32-22-18-9-8-17(28)23(27(40)41)33(18)26(22)39/h5-7,18,22,26-27,29,39-41H,3-4,8-13H2,1-2H3,(H,30,38)(H,31,36)(H,32,37)/t18?,22-,26-/m0/s1. The first kappa shape index (κ1) is 33.7. The fraction of sp³-hybridized carbons (Fsp3) is 0.519.